The Bertz CT molecular complexity index is 610. The summed E-state index contributed by atoms with van der Waals surface area (Å²) < 4.78 is 6.35. The molecule has 0 amide bonds. The van der Waals surface area contributed by atoms with Gasteiger partial charge in [0, 0.05) is 16.2 Å². The minimum absolute atomic E-state index is 0.326. The lowest BCUT2D eigenvalue weighted by Crippen LogP contribution is -2.03. The lowest BCUT2D eigenvalue weighted by atomic mass is 10.3. The van der Waals surface area contributed by atoms with Crippen LogP contribution in [0.3, 0.4) is 0 Å². The maximum absolute atomic E-state index is 6.17. The first-order valence-electron chi connectivity index (χ1n) is 5.91. The SMILES string of the molecule is CCOCc1nc(Cl)cc(Nc2ccc(I)cc2Cl)n1. The third-order valence-corrected chi connectivity index (χ3v) is 3.55. The molecule has 1 N–H and O–H groups in total. The standard InChI is InChI=1S/C13H12Cl2IN3O/c1-2-20-7-13-18-11(15)6-12(19-13)17-10-4-3-8(16)5-9(10)14/h3-6H,2,7H2,1H3,(H,17,18,19). The van der Waals surface area contributed by atoms with Crippen LogP contribution in [-0.2, 0) is 11.3 Å². The van der Waals surface area contributed by atoms with Gasteiger partial charge in [-0.3, -0.25) is 0 Å². The molecular formula is C13H12Cl2IN3O. The average molecular weight is 424 g/mol. The van der Waals surface area contributed by atoms with E-state index in [2.05, 4.69) is 37.9 Å². The predicted octanol–water partition coefficient (Wildman–Crippen LogP) is 4.67. The third-order valence-electron chi connectivity index (χ3n) is 2.37. The minimum atomic E-state index is 0.326. The summed E-state index contributed by atoms with van der Waals surface area (Å²) in [4.78, 5) is 8.44. The molecule has 106 valence electrons. The highest BCUT2D eigenvalue weighted by Gasteiger charge is 2.06. The zero-order valence-corrected chi connectivity index (χ0v) is 14.3. The molecule has 0 saturated heterocycles. The molecular weight excluding hydrogens is 412 g/mol. The van der Waals surface area contributed by atoms with E-state index in [1.807, 2.05) is 25.1 Å². The first-order chi connectivity index (χ1) is 9.58. The molecule has 0 bridgehead atoms. The van der Waals surface area contributed by atoms with Crippen molar-refractivity contribution in [1.82, 2.24) is 9.97 Å². The van der Waals surface area contributed by atoms with Gasteiger partial charge in [0.1, 0.15) is 17.6 Å². The van der Waals surface area contributed by atoms with Gasteiger partial charge in [0.15, 0.2) is 5.82 Å². The summed E-state index contributed by atoms with van der Waals surface area (Å²) in [6.45, 7) is 2.84. The number of halogens is 3. The Morgan fingerprint density at radius 1 is 1.25 bits per heavy atom. The number of nitrogens with zero attached hydrogens (tertiary/aromatic N) is 2. The van der Waals surface area contributed by atoms with Gasteiger partial charge in [-0.1, -0.05) is 23.2 Å². The van der Waals surface area contributed by atoms with Gasteiger partial charge in [0.25, 0.3) is 0 Å². The second kappa shape index (κ2) is 7.40. The van der Waals surface area contributed by atoms with Gasteiger partial charge >= 0.3 is 0 Å². The van der Waals surface area contributed by atoms with Gasteiger partial charge in [0.05, 0.1) is 10.7 Å². The van der Waals surface area contributed by atoms with E-state index in [1.165, 1.54) is 0 Å². The maximum Gasteiger partial charge on any atom is 0.158 e. The van der Waals surface area contributed by atoms with E-state index in [0.717, 1.165) is 9.26 Å². The van der Waals surface area contributed by atoms with Gasteiger partial charge in [-0.15, -0.1) is 0 Å². The monoisotopic (exact) mass is 423 g/mol. The summed E-state index contributed by atoms with van der Waals surface area (Å²) in [7, 11) is 0. The second-order valence-corrected chi connectivity index (χ2v) is 5.92. The van der Waals surface area contributed by atoms with E-state index in [9.17, 15) is 0 Å². The van der Waals surface area contributed by atoms with Crippen molar-refractivity contribution in [3.8, 4) is 0 Å². The fraction of sp³-hybridized carbons (Fsp3) is 0.231. The molecule has 7 heteroatoms. The van der Waals surface area contributed by atoms with Crippen molar-refractivity contribution >= 4 is 57.3 Å². The van der Waals surface area contributed by atoms with Crippen LogP contribution in [0.25, 0.3) is 0 Å². The number of benzene rings is 1. The lowest BCUT2D eigenvalue weighted by molar-refractivity contribution is 0.128. The summed E-state index contributed by atoms with van der Waals surface area (Å²) >= 11 is 14.4. The number of nitrogens with one attached hydrogen (secondary N) is 1. The normalized spacial score (nSPS) is 10.6. The van der Waals surface area contributed by atoms with Gasteiger partial charge in [-0.2, -0.15) is 0 Å². The Hall–Kier alpha value is -0.630. The van der Waals surface area contributed by atoms with Gasteiger partial charge < -0.3 is 10.1 Å². The third kappa shape index (κ3) is 4.44. The van der Waals surface area contributed by atoms with Crippen molar-refractivity contribution in [2.75, 3.05) is 11.9 Å². The highest BCUT2D eigenvalue weighted by molar-refractivity contribution is 14.1. The van der Waals surface area contributed by atoms with Crippen LogP contribution >= 0.6 is 45.8 Å². The van der Waals surface area contributed by atoms with E-state index < -0.39 is 0 Å². The molecule has 0 atom stereocenters. The smallest absolute Gasteiger partial charge is 0.158 e. The van der Waals surface area contributed by atoms with Crippen molar-refractivity contribution in [3.63, 3.8) is 0 Å². The Morgan fingerprint density at radius 2 is 2.05 bits per heavy atom. The second-order valence-electron chi connectivity index (χ2n) is 3.88. The molecule has 2 rings (SSSR count). The van der Waals surface area contributed by atoms with Gasteiger partial charge in [0.2, 0.25) is 0 Å². The average Bonchev–Trinajstić information content (AvgIpc) is 2.39. The van der Waals surface area contributed by atoms with Crippen LogP contribution in [0.5, 0.6) is 0 Å². The van der Waals surface area contributed by atoms with Crippen LogP contribution < -0.4 is 5.32 Å². The number of rotatable bonds is 5. The molecule has 0 aliphatic rings. The van der Waals surface area contributed by atoms with E-state index in [0.29, 0.717) is 35.0 Å². The largest absolute Gasteiger partial charge is 0.374 e. The van der Waals surface area contributed by atoms with Gasteiger partial charge in [-0.05, 0) is 47.7 Å². The topological polar surface area (TPSA) is 47.0 Å². The number of ether oxygens (including phenoxy) is 1. The Labute approximate surface area is 141 Å². The van der Waals surface area contributed by atoms with E-state index in [1.54, 1.807) is 6.07 Å². The predicted molar refractivity (Wildman–Crippen MR) is 89.8 cm³/mol. The molecule has 0 aliphatic heterocycles. The first-order valence-corrected chi connectivity index (χ1v) is 7.75. The maximum atomic E-state index is 6.17. The molecule has 20 heavy (non-hydrogen) atoms. The lowest BCUT2D eigenvalue weighted by Gasteiger charge is -2.09. The van der Waals surface area contributed by atoms with Crippen molar-refractivity contribution in [3.05, 3.63) is 43.8 Å². The molecule has 1 aromatic heterocycles. The zero-order chi connectivity index (χ0) is 14.5. The van der Waals surface area contributed by atoms with Gasteiger partial charge in [-0.25, -0.2) is 9.97 Å². The van der Waals surface area contributed by atoms with E-state index >= 15 is 0 Å². The first kappa shape index (κ1) is 15.8. The summed E-state index contributed by atoms with van der Waals surface area (Å²) in [6.07, 6.45) is 0. The molecule has 1 heterocycles. The molecule has 0 radical (unpaired) electrons. The fourth-order valence-electron chi connectivity index (χ4n) is 1.52. The molecule has 0 unspecified atom stereocenters. The molecule has 2 aromatic rings. The highest BCUT2D eigenvalue weighted by atomic mass is 127. The number of aromatic nitrogens is 2. The highest BCUT2D eigenvalue weighted by Crippen LogP contribution is 2.27. The molecule has 0 fully saturated rings. The molecule has 4 nitrogen and oxygen atoms in total. The Kier molecular flexibility index (Phi) is 5.83. The molecule has 0 aliphatic carbocycles. The minimum Gasteiger partial charge on any atom is -0.374 e. The molecule has 1 aromatic carbocycles. The van der Waals surface area contributed by atoms with E-state index in [-0.39, 0.29) is 0 Å². The molecule has 0 spiro atoms. The fourth-order valence-corrected chi connectivity index (χ4v) is 2.62. The number of hydrogen-bond acceptors (Lipinski definition) is 4. The van der Waals surface area contributed by atoms with E-state index in [4.69, 9.17) is 27.9 Å². The zero-order valence-electron chi connectivity index (χ0n) is 10.7. The van der Waals surface area contributed by atoms with Crippen molar-refractivity contribution in [2.45, 2.75) is 13.5 Å². The van der Waals surface area contributed by atoms with Crippen LogP contribution in [0.15, 0.2) is 24.3 Å². The van der Waals surface area contributed by atoms with Crippen LogP contribution in [0.1, 0.15) is 12.7 Å². The quantitative estimate of drug-likeness (QED) is 0.560. The Balaban J connectivity index is 2.21. The van der Waals surface area contributed by atoms with Crippen molar-refractivity contribution in [2.24, 2.45) is 0 Å². The van der Waals surface area contributed by atoms with Crippen molar-refractivity contribution in [1.29, 1.82) is 0 Å². The van der Waals surface area contributed by atoms with Crippen LogP contribution in [0.2, 0.25) is 10.2 Å². The number of hydrogen-bond donors (Lipinski definition) is 1. The summed E-state index contributed by atoms with van der Waals surface area (Å²) in [5.74, 6) is 1.12. The number of anilines is 2. The van der Waals surface area contributed by atoms with Crippen LogP contribution in [0, 0.1) is 3.57 Å². The summed E-state index contributed by atoms with van der Waals surface area (Å²) in [5, 5.41) is 4.11. The summed E-state index contributed by atoms with van der Waals surface area (Å²) in [5.41, 5.74) is 0.768. The Morgan fingerprint density at radius 3 is 2.75 bits per heavy atom. The summed E-state index contributed by atoms with van der Waals surface area (Å²) in [6, 6.07) is 7.36. The van der Waals surface area contributed by atoms with Crippen LogP contribution in [0.4, 0.5) is 11.5 Å². The van der Waals surface area contributed by atoms with Crippen molar-refractivity contribution < 1.29 is 4.74 Å². The molecule has 0 saturated carbocycles. The van der Waals surface area contributed by atoms with Crippen LogP contribution in [-0.4, -0.2) is 16.6 Å².